The van der Waals surface area contributed by atoms with Gasteiger partial charge < -0.3 is 4.98 Å². The summed E-state index contributed by atoms with van der Waals surface area (Å²) in [5, 5.41) is 12.6. The SMILES string of the molecule is O=[N+]([O-])c1cccc2c1[nH]c1ncccc12. The molecule has 0 fully saturated rings. The monoisotopic (exact) mass is 213 g/mol. The second-order valence-corrected chi connectivity index (χ2v) is 3.48. The predicted octanol–water partition coefficient (Wildman–Crippen LogP) is 2.62. The lowest BCUT2D eigenvalue weighted by Gasteiger charge is -1.92. The molecule has 0 spiro atoms. The minimum absolute atomic E-state index is 0.0792. The highest BCUT2D eigenvalue weighted by molar-refractivity contribution is 6.08. The molecule has 0 bridgehead atoms. The third-order valence-corrected chi connectivity index (χ3v) is 2.58. The summed E-state index contributed by atoms with van der Waals surface area (Å²) in [7, 11) is 0. The van der Waals surface area contributed by atoms with E-state index < -0.39 is 4.92 Å². The molecule has 16 heavy (non-hydrogen) atoms. The number of nitro groups is 1. The zero-order valence-corrected chi connectivity index (χ0v) is 8.18. The fourth-order valence-electron chi connectivity index (χ4n) is 1.89. The van der Waals surface area contributed by atoms with Crippen LogP contribution in [0.15, 0.2) is 36.5 Å². The minimum atomic E-state index is -0.391. The average Bonchev–Trinajstić information content (AvgIpc) is 2.67. The number of hydrogen-bond donors (Lipinski definition) is 1. The first-order valence-corrected chi connectivity index (χ1v) is 4.77. The van der Waals surface area contributed by atoms with Gasteiger partial charge in [-0.05, 0) is 12.1 Å². The zero-order chi connectivity index (χ0) is 11.1. The summed E-state index contributed by atoms with van der Waals surface area (Å²) in [6.07, 6.45) is 1.66. The van der Waals surface area contributed by atoms with E-state index in [1.165, 1.54) is 6.07 Å². The van der Waals surface area contributed by atoms with Gasteiger partial charge in [0.1, 0.15) is 11.2 Å². The lowest BCUT2D eigenvalue weighted by molar-refractivity contribution is -0.383. The normalized spacial score (nSPS) is 11.0. The van der Waals surface area contributed by atoms with Gasteiger partial charge in [-0.3, -0.25) is 10.1 Å². The van der Waals surface area contributed by atoms with Crippen LogP contribution in [-0.2, 0) is 0 Å². The van der Waals surface area contributed by atoms with Crippen molar-refractivity contribution in [1.82, 2.24) is 9.97 Å². The maximum atomic E-state index is 10.9. The van der Waals surface area contributed by atoms with Gasteiger partial charge in [-0.25, -0.2) is 4.98 Å². The topological polar surface area (TPSA) is 71.8 Å². The highest BCUT2D eigenvalue weighted by atomic mass is 16.6. The van der Waals surface area contributed by atoms with Crippen molar-refractivity contribution in [3.05, 3.63) is 46.6 Å². The predicted molar refractivity (Wildman–Crippen MR) is 60.3 cm³/mol. The van der Waals surface area contributed by atoms with Crippen LogP contribution >= 0.6 is 0 Å². The molecule has 78 valence electrons. The van der Waals surface area contributed by atoms with Crippen molar-refractivity contribution in [1.29, 1.82) is 0 Å². The van der Waals surface area contributed by atoms with Crippen LogP contribution in [0.3, 0.4) is 0 Å². The number of nitrogens with zero attached hydrogens (tertiary/aromatic N) is 2. The fraction of sp³-hybridized carbons (Fsp3) is 0. The number of aromatic amines is 1. The molecule has 5 heteroatoms. The van der Waals surface area contributed by atoms with E-state index in [2.05, 4.69) is 9.97 Å². The number of non-ortho nitro benzene ring substituents is 1. The van der Waals surface area contributed by atoms with Crippen LogP contribution in [0.2, 0.25) is 0 Å². The van der Waals surface area contributed by atoms with Gasteiger partial charge in [0, 0.05) is 23.0 Å². The Kier molecular flexibility index (Phi) is 1.67. The molecule has 0 radical (unpaired) electrons. The van der Waals surface area contributed by atoms with Crippen LogP contribution in [0.4, 0.5) is 5.69 Å². The van der Waals surface area contributed by atoms with E-state index >= 15 is 0 Å². The van der Waals surface area contributed by atoms with Crippen LogP contribution in [-0.4, -0.2) is 14.9 Å². The molecular formula is C11H7N3O2. The molecule has 1 aromatic carbocycles. The van der Waals surface area contributed by atoms with Crippen LogP contribution < -0.4 is 0 Å². The molecule has 3 rings (SSSR count). The Hall–Kier alpha value is -2.43. The number of nitrogens with one attached hydrogen (secondary N) is 1. The van der Waals surface area contributed by atoms with Crippen molar-refractivity contribution in [2.75, 3.05) is 0 Å². The molecule has 0 saturated heterocycles. The maximum absolute atomic E-state index is 10.9. The lowest BCUT2D eigenvalue weighted by atomic mass is 10.2. The summed E-state index contributed by atoms with van der Waals surface area (Å²) in [4.78, 5) is 17.6. The summed E-state index contributed by atoms with van der Waals surface area (Å²) < 4.78 is 0. The van der Waals surface area contributed by atoms with Crippen molar-refractivity contribution in [2.24, 2.45) is 0 Å². The molecular weight excluding hydrogens is 206 g/mol. The van der Waals surface area contributed by atoms with Crippen LogP contribution in [0.1, 0.15) is 0 Å². The molecule has 5 nitrogen and oxygen atoms in total. The van der Waals surface area contributed by atoms with Crippen molar-refractivity contribution in [2.45, 2.75) is 0 Å². The van der Waals surface area contributed by atoms with Crippen LogP contribution in [0, 0.1) is 10.1 Å². The molecule has 0 aliphatic rings. The van der Waals surface area contributed by atoms with Crippen molar-refractivity contribution in [3.63, 3.8) is 0 Å². The number of aromatic nitrogens is 2. The third kappa shape index (κ3) is 1.08. The molecule has 3 aromatic rings. The fourth-order valence-corrected chi connectivity index (χ4v) is 1.89. The quantitative estimate of drug-likeness (QED) is 0.498. The highest BCUT2D eigenvalue weighted by Gasteiger charge is 2.15. The number of pyridine rings is 1. The average molecular weight is 213 g/mol. The van der Waals surface area contributed by atoms with Gasteiger partial charge >= 0.3 is 0 Å². The van der Waals surface area contributed by atoms with Crippen molar-refractivity contribution >= 4 is 27.6 Å². The summed E-state index contributed by atoms with van der Waals surface area (Å²) in [6, 6.07) is 8.72. The molecule has 0 aliphatic carbocycles. The summed E-state index contributed by atoms with van der Waals surface area (Å²) in [5.41, 5.74) is 1.28. The summed E-state index contributed by atoms with van der Waals surface area (Å²) in [5.74, 6) is 0. The molecule has 0 aliphatic heterocycles. The summed E-state index contributed by atoms with van der Waals surface area (Å²) in [6.45, 7) is 0. The molecule has 0 saturated carbocycles. The summed E-state index contributed by atoms with van der Waals surface area (Å²) >= 11 is 0. The first-order valence-electron chi connectivity index (χ1n) is 4.77. The molecule has 2 aromatic heterocycles. The van der Waals surface area contributed by atoms with Gasteiger partial charge in [-0.1, -0.05) is 12.1 Å². The van der Waals surface area contributed by atoms with E-state index in [9.17, 15) is 10.1 Å². The van der Waals surface area contributed by atoms with Crippen molar-refractivity contribution < 1.29 is 4.92 Å². The van der Waals surface area contributed by atoms with Gasteiger partial charge in [0.15, 0.2) is 0 Å². The molecule has 0 atom stereocenters. The van der Waals surface area contributed by atoms with E-state index in [4.69, 9.17) is 0 Å². The molecule has 2 heterocycles. The van der Waals surface area contributed by atoms with Gasteiger partial charge in [-0.2, -0.15) is 0 Å². The van der Waals surface area contributed by atoms with Gasteiger partial charge in [-0.15, -0.1) is 0 Å². The van der Waals surface area contributed by atoms with E-state index in [-0.39, 0.29) is 5.69 Å². The maximum Gasteiger partial charge on any atom is 0.293 e. The number of para-hydroxylation sites is 1. The Morgan fingerprint density at radius 3 is 2.81 bits per heavy atom. The highest BCUT2D eigenvalue weighted by Crippen LogP contribution is 2.29. The number of fused-ring (bicyclic) bond motifs is 3. The first kappa shape index (κ1) is 8.84. The molecule has 0 amide bonds. The Morgan fingerprint density at radius 2 is 2.00 bits per heavy atom. The van der Waals surface area contributed by atoms with E-state index in [0.29, 0.717) is 11.2 Å². The number of benzene rings is 1. The zero-order valence-electron chi connectivity index (χ0n) is 8.18. The Bertz CT molecular complexity index is 703. The van der Waals surface area contributed by atoms with E-state index in [1.54, 1.807) is 12.3 Å². The number of hydrogen-bond acceptors (Lipinski definition) is 3. The lowest BCUT2D eigenvalue weighted by Crippen LogP contribution is -1.88. The Morgan fingerprint density at radius 1 is 1.19 bits per heavy atom. The molecule has 1 N–H and O–H groups in total. The first-order chi connectivity index (χ1) is 7.77. The number of rotatable bonds is 1. The van der Waals surface area contributed by atoms with E-state index in [1.807, 2.05) is 18.2 Å². The second-order valence-electron chi connectivity index (χ2n) is 3.48. The number of nitro benzene ring substituents is 1. The van der Waals surface area contributed by atoms with Crippen molar-refractivity contribution in [3.8, 4) is 0 Å². The van der Waals surface area contributed by atoms with Crippen LogP contribution in [0.25, 0.3) is 21.9 Å². The number of H-pyrrole nitrogens is 1. The minimum Gasteiger partial charge on any atom is -0.334 e. The van der Waals surface area contributed by atoms with Gasteiger partial charge in [0.2, 0.25) is 0 Å². The second kappa shape index (κ2) is 3.03. The Labute approximate surface area is 89.9 Å². The van der Waals surface area contributed by atoms with E-state index in [0.717, 1.165) is 10.8 Å². The third-order valence-electron chi connectivity index (χ3n) is 2.58. The van der Waals surface area contributed by atoms with Gasteiger partial charge in [0.25, 0.3) is 5.69 Å². The van der Waals surface area contributed by atoms with Gasteiger partial charge in [0.05, 0.1) is 4.92 Å². The smallest absolute Gasteiger partial charge is 0.293 e. The largest absolute Gasteiger partial charge is 0.334 e. The Balaban J connectivity index is 2.54. The molecule has 0 unspecified atom stereocenters. The standard InChI is InChI=1S/C11H7N3O2/c15-14(16)9-5-1-3-7-8-4-2-6-12-11(8)13-10(7)9/h1-6H,(H,12,13). The van der Waals surface area contributed by atoms with Crippen LogP contribution in [0.5, 0.6) is 0 Å².